The number of nitrogens with one attached hydrogen (secondary N) is 1. The lowest BCUT2D eigenvalue weighted by Gasteiger charge is -2.21. The number of hydrogen-bond acceptors (Lipinski definition) is 3. The van der Waals surface area contributed by atoms with Crippen molar-refractivity contribution < 1.29 is 13.2 Å². The van der Waals surface area contributed by atoms with E-state index in [1.807, 2.05) is 45.0 Å². The second-order valence-electron chi connectivity index (χ2n) is 6.03. The molecule has 0 spiro atoms. The summed E-state index contributed by atoms with van der Waals surface area (Å²) in [4.78, 5) is 11.9. The molecule has 0 saturated heterocycles. The third kappa shape index (κ3) is 7.04. The van der Waals surface area contributed by atoms with E-state index < -0.39 is 10.0 Å². The van der Waals surface area contributed by atoms with Crippen LogP contribution in [0.15, 0.2) is 24.3 Å². The molecule has 0 aliphatic heterocycles. The Kier molecular flexibility index (Phi) is 7.03. The normalized spacial score (nSPS) is 11.9. The molecule has 5 nitrogen and oxygen atoms in total. The Bertz CT molecular complexity index is 580. The van der Waals surface area contributed by atoms with Gasteiger partial charge in [-0.15, -0.1) is 0 Å². The van der Waals surface area contributed by atoms with Gasteiger partial charge in [0.1, 0.15) is 0 Å². The molecule has 1 aromatic carbocycles. The smallest absolute Gasteiger partial charge is 0.221 e. The van der Waals surface area contributed by atoms with Crippen LogP contribution in [-0.2, 0) is 21.4 Å². The van der Waals surface area contributed by atoms with Crippen LogP contribution in [0.4, 0.5) is 0 Å². The van der Waals surface area contributed by atoms with Gasteiger partial charge in [0.2, 0.25) is 15.9 Å². The SMILES string of the molecule is Cc1ccc(CNC(=O)CCN(CC(C)C)S(C)(=O)=O)cc1. The summed E-state index contributed by atoms with van der Waals surface area (Å²) in [5, 5.41) is 2.82. The molecular weight excluding hydrogens is 300 g/mol. The van der Waals surface area contributed by atoms with E-state index in [1.54, 1.807) is 0 Å². The van der Waals surface area contributed by atoms with Gasteiger partial charge in [-0.2, -0.15) is 0 Å². The molecule has 0 radical (unpaired) electrons. The third-order valence-electron chi connectivity index (χ3n) is 3.24. The van der Waals surface area contributed by atoms with Crippen LogP contribution in [-0.4, -0.2) is 38.0 Å². The number of nitrogens with zero attached hydrogens (tertiary/aromatic N) is 1. The minimum atomic E-state index is -3.27. The maximum atomic E-state index is 11.9. The van der Waals surface area contributed by atoms with Gasteiger partial charge in [0.25, 0.3) is 0 Å². The van der Waals surface area contributed by atoms with Crippen molar-refractivity contribution >= 4 is 15.9 Å². The van der Waals surface area contributed by atoms with E-state index >= 15 is 0 Å². The summed E-state index contributed by atoms with van der Waals surface area (Å²) in [6.45, 7) is 7.03. The molecule has 22 heavy (non-hydrogen) atoms. The maximum Gasteiger partial charge on any atom is 0.221 e. The molecule has 0 aliphatic carbocycles. The molecule has 0 fully saturated rings. The lowest BCUT2D eigenvalue weighted by Crippen LogP contribution is -2.36. The summed E-state index contributed by atoms with van der Waals surface area (Å²) < 4.78 is 24.7. The topological polar surface area (TPSA) is 66.5 Å². The Morgan fingerprint density at radius 3 is 2.32 bits per heavy atom. The summed E-state index contributed by atoms with van der Waals surface area (Å²) in [5.41, 5.74) is 2.20. The molecule has 0 heterocycles. The molecule has 1 N–H and O–H groups in total. The summed E-state index contributed by atoms with van der Waals surface area (Å²) >= 11 is 0. The van der Waals surface area contributed by atoms with Gasteiger partial charge in [0.15, 0.2) is 0 Å². The van der Waals surface area contributed by atoms with Crippen LogP contribution in [0.3, 0.4) is 0 Å². The van der Waals surface area contributed by atoms with Gasteiger partial charge in [-0.1, -0.05) is 43.7 Å². The van der Waals surface area contributed by atoms with Gasteiger partial charge < -0.3 is 5.32 Å². The van der Waals surface area contributed by atoms with E-state index in [2.05, 4.69) is 5.32 Å². The van der Waals surface area contributed by atoms with Crippen LogP contribution in [0.2, 0.25) is 0 Å². The van der Waals surface area contributed by atoms with Crippen molar-refractivity contribution in [2.75, 3.05) is 19.3 Å². The number of amides is 1. The first kappa shape index (κ1) is 18.6. The molecule has 1 aromatic rings. The van der Waals surface area contributed by atoms with Crippen molar-refractivity contribution in [3.63, 3.8) is 0 Å². The standard InChI is InChI=1S/C16H26N2O3S/c1-13(2)12-18(22(4,20)21)10-9-16(19)17-11-15-7-5-14(3)6-8-15/h5-8,13H,9-12H2,1-4H3,(H,17,19). The molecule has 1 amide bonds. The predicted molar refractivity (Wildman–Crippen MR) is 88.9 cm³/mol. The van der Waals surface area contributed by atoms with Crippen LogP contribution in [0.1, 0.15) is 31.4 Å². The van der Waals surface area contributed by atoms with Crippen molar-refractivity contribution in [3.05, 3.63) is 35.4 Å². The average molecular weight is 326 g/mol. The highest BCUT2D eigenvalue weighted by Crippen LogP contribution is 2.06. The first-order valence-electron chi connectivity index (χ1n) is 7.46. The minimum absolute atomic E-state index is 0.141. The average Bonchev–Trinajstić information content (AvgIpc) is 2.41. The molecule has 0 unspecified atom stereocenters. The molecule has 0 saturated carbocycles. The van der Waals surface area contributed by atoms with Gasteiger partial charge in [-0.05, 0) is 18.4 Å². The Morgan fingerprint density at radius 2 is 1.82 bits per heavy atom. The zero-order valence-corrected chi connectivity index (χ0v) is 14.6. The van der Waals surface area contributed by atoms with Gasteiger partial charge in [0, 0.05) is 26.1 Å². The molecule has 124 valence electrons. The second-order valence-corrected chi connectivity index (χ2v) is 8.01. The molecule has 0 aliphatic rings. The lowest BCUT2D eigenvalue weighted by molar-refractivity contribution is -0.121. The number of rotatable bonds is 8. The largest absolute Gasteiger partial charge is 0.352 e. The molecular formula is C16H26N2O3S. The summed E-state index contributed by atoms with van der Waals surface area (Å²) in [7, 11) is -3.27. The van der Waals surface area contributed by atoms with Gasteiger partial charge in [-0.25, -0.2) is 12.7 Å². The predicted octanol–water partition coefficient (Wildman–Crippen LogP) is 1.92. The van der Waals surface area contributed by atoms with Crippen molar-refractivity contribution in [1.82, 2.24) is 9.62 Å². The zero-order chi connectivity index (χ0) is 16.8. The fraction of sp³-hybridized carbons (Fsp3) is 0.562. The third-order valence-corrected chi connectivity index (χ3v) is 4.51. The molecule has 0 atom stereocenters. The number of hydrogen-bond donors (Lipinski definition) is 1. The van der Waals surface area contributed by atoms with E-state index in [1.165, 1.54) is 16.1 Å². The first-order valence-corrected chi connectivity index (χ1v) is 9.30. The molecule has 0 bridgehead atoms. The number of benzene rings is 1. The van der Waals surface area contributed by atoms with Crippen LogP contribution in [0, 0.1) is 12.8 Å². The maximum absolute atomic E-state index is 11.9. The van der Waals surface area contributed by atoms with E-state index in [9.17, 15) is 13.2 Å². The summed E-state index contributed by atoms with van der Waals surface area (Å²) in [6.07, 6.45) is 1.35. The fourth-order valence-electron chi connectivity index (χ4n) is 2.02. The molecule has 6 heteroatoms. The summed E-state index contributed by atoms with van der Waals surface area (Å²) in [5.74, 6) is 0.0864. The zero-order valence-electron chi connectivity index (χ0n) is 13.8. The molecule has 0 aromatic heterocycles. The highest BCUT2D eigenvalue weighted by Gasteiger charge is 2.18. The number of carbonyl (C=O) groups excluding carboxylic acids is 1. The van der Waals surface area contributed by atoms with E-state index in [0.29, 0.717) is 13.1 Å². The van der Waals surface area contributed by atoms with Crippen molar-refractivity contribution in [2.45, 2.75) is 33.7 Å². The lowest BCUT2D eigenvalue weighted by atomic mass is 10.1. The summed E-state index contributed by atoms with van der Waals surface area (Å²) in [6, 6.07) is 7.93. The Labute approximate surface area is 133 Å². The van der Waals surface area contributed by atoms with Gasteiger partial charge in [0.05, 0.1) is 6.26 Å². The minimum Gasteiger partial charge on any atom is -0.352 e. The highest BCUT2D eigenvalue weighted by molar-refractivity contribution is 7.88. The van der Waals surface area contributed by atoms with Crippen molar-refractivity contribution in [2.24, 2.45) is 5.92 Å². The number of carbonyl (C=O) groups is 1. The fourth-order valence-corrected chi connectivity index (χ4v) is 3.01. The van der Waals surface area contributed by atoms with Crippen LogP contribution < -0.4 is 5.32 Å². The Morgan fingerprint density at radius 1 is 1.23 bits per heavy atom. The monoisotopic (exact) mass is 326 g/mol. The van der Waals surface area contributed by atoms with Crippen LogP contribution in [0.5, 0.6) is 0 Å². The van der Waals surface area contributed by atoms with E-state index in [-0.39, 0.29) is 24.8 Å². The second kappa shape index (κ2) is 8.29. The van der Waals surface area contributed by atoms with E-state index in [4.69, 9.17) is 0 Å². The Balaban J connectivity index is 2.45. The quantitative estimate of drug-likeness (QED) is 0.793. The van der Waals surface area contributed by atoms with Gasteiger partial charge >= 0.3 is 0 Å². The molecule has 1 rings (SSSR count). The van der Waals surface area contributed by atoms with Crippen LogP contribution in [0.25, 0.3) is 0 Å². The Hall–Kier alpha value is -1.40. The highest BCUT2D eigenvalue weighted by atomic mass is 32.2. The first-order chi connectivity index (χ1) is 10.2. The van der Waals surface area contributed by atoms with Gasteiger partial charge in [-0.3, -0.25) is 4.79 Å². The van der Waals surface area contributed by atoms with Crippen LogP contribution >= 0.6 is 0 Å². The number of aryl methyl sites for hydroxylation is 1. The van der Waals surface area contributed by atoms with Crippen molar-refractivity contribution in [3.8, 4) is 0 Å². The van der Waals surface area contributed by atoms with Crippen molar-refractivity contribution in [1.29, 1.82) is 0 Å². The van der Waals surface area contributed by atoms with E-state index in [0.717, 1.165) is 5.56 Å². The number of sulfonamides is 1.